The Balaban J connectivity index is 1.88. The molecule has 1 saturated carbocycles. The van der Waals surface area contributed by atoms with Crippen LogP contribution < -0.4 is 5.73 Å². The van der Waals surface area contributed by atoms with Gasteiger partial charge in [-0.15, -0.1) is 0 Å². The van der Waals surface area contributed by atoms with E-state index in [0.29, 0.717) is 30.6 Å². The van der Waals surface area contributed by atoms with Crippen molar-refractivity contribution in [2.24, 2.45) is 18.9 Å². The average molecular weight is 312 g/mol. The van der Waals surface area contributed by atoms with Gasteiger partial charge in [0.1, 0.15) is 4.90 Å². The van der Waals surface area contributed by atoms with Gasteiger partial charge in [-0.2, -0.15) is 9.40 Å². The number of nitrogen functional groups attached to an aromatic ring is 1. The predicted molar refractivity (Wildman–Crippen MR) is 81.2 cm³/mol. The lowest BCUT2D eigenvalue weighted by atomic mass is 9.76. The highest BCUT2D eigenvalue weighted by Gasteiger charge is 2.38. The van der Waals surface area contributed by atoms with Gasteiger partial charge in [0.05, 0.1) is 5.69 Å². The second-order valence-electron chi connectivity index (χ2n) is 6.38. The van der Waals surface area contributed by atoms with Crippen molar-refractivity contribution in [1.82, 2.24) is 14.1 Å². The molecule has 1 aromatic heterocycles. The second kappa shape index (κ2) is 5.28. The molecular formula is C14H24N4O2S. The topological polar surface area (TPSA) is 81.2 Å². The van der Waals surface area contributed by atoms with Gasteiger partial charge in [-0.25, -0.2) is 8.42 Å². The van der Waals surface area contributed by atoms with E-state index in [1.165, 1.54) is 23.9 Å². The van der Waals surface area contributed by atoms with E-state index >= 15 is 0 Å². The molecule has 2 atom stereocenters. The Morgan fingerprint density at radius 1 is 1.19 bits per heavy atom. The van der Waals surface area contributed by atoms with Crippen molar-refractivity contribution in [3.8, 4) is 0 Å². The van der Waals surface area contributed by atoms with E-state index in [0.717, 1.165) is 12.8 Å². The third-order valence-electron chi connectivity index (χ3n) is 5.16. The molecule has 1 aromatic rings. The maximum absolute atomic E-state index is 12.9. The van der Waals surface area contributed by atoms with Crippen LogP contribution >= 0.6 is 0 Å². The van der Waals surface area contributed by atoms with Crippen molar-refractivity contribution in [2.45, 2.75) is 43.9 Å². The summed E-state index contributed by atoms with van der Waals surface area (Å²) in [6, 6.07) is 0. The van der Waals surface area contributed by atoms with Crippen molar-refractivity contribution in [2.75, 3.05) is 18.8 Å². The van der Waals surface area contributed by atoms with E-state index in [-0.39, 0.29) is 10.7 Å². The third kappa shape index (κ3) is 2.46. The number of fused-ring (bicyclic) bond motifs is 1. The first-order valence-corrected chi connectivity index (χ1v) is 9.14. The van der Waals surface area contributed by atoms with Crippen molar-refractivity contribution < 1.29 is 8.42 Å². The van der Waals surface area contributed by atoms with Gasteiger partial charge in [-0.1, -0.05) is 19.3 Å². The summed E-state index contributed by atoms with van der Waals surface area (Å²) in [5.74, 6) is 1.33. The number of hydrogen-bond acceptors (Lipinski definition) is 4. The number of hydrogen-bond donors (Lipinski definition) is 1. The molecule has 0 radical (unpaired) electrons. The normalized spacial score (nSPS) is 27.5. The van der Waals surface area contributed by atoms with Crippen LogP contribution in [0.3, 0.4) is 0 Å². The zero-order valence-corrected chi connectivity index (χ0v) is 13.6. The zero-order valence-electron chi connectivity index (χ0n) is 12.7. The molecule has 0 bridgehead atoms. The van der Waals surface area contributed by atoms with Gasteiger partial charge in [0.15, 0.2) is 5.82 Å². The van der Waals surface area contributed by atoms with Crippen LogP contribution in [0.4, 0.5) is 5.82 Å². The fourth-order valence-corrected chi connectivity index (χ4v) is 5.65. The summed E-state index contributed by atoms with van der Waals surface area (Å²) in [5.41, 5.74) is 6.44. The average Bonchev–Trinajstić information content (AvgIpc) is 2.72. The van der Waals surface area contributed by atoms with Gasteiger partial charge in [-0.3, -0.25) is 4.68 Å². The number of rotatable bonds is 2. The van der Waals surface area contributed by atoms with Crippen LogP contribution in [0.2, 0.25) is 0 Å². The minimum Gasteiger partial charge on any atom is -0.381 e. The van der Waals surface area contributed by atoms with E-state index in [9.17, 15) is 8.42 Å². The quantitative estimate of drug-likeness (QED) is 0.897. The zero-order chi connectivity index (χ0) is 15.2. The van der Waals surface area contributed by atoms with Gasteiger partial charge in [0.2, 0.25) is 10.0 Å². The SMILES string of the molecule is Cc1c(S(=O)(=O)N2CCC3CCCCC3C2)c(N)nn1C. The molecule has 3 rings (SSSR count). The molecule has 2 fully saturated rings. The standard InChI is InChI=1S/C14H24N4O2S/c1-10-13(14(15)16-17(10)2)21(19,20)18-8-7-11-5-3-4-6-12(11)9-18/h11-12H,3-9H2,1-2H3,(H2,15,16). The van der Waals surface area contributed by atoms with Crippen LogP contribution in [0.1, 0.15) is 37.8 Å². The lowest BCUT2D eigenvalue weighted by molar-refractivity contribution is 0.136. The molecule has 0 spiro atoms. The molecule has 0 aromatic carbocycles. The van der Waals surface area contributed by atoms with Crippen molar-refractivity contribution in [1.29, 1.82) is 0 Å². The van der Waals surface area contributed by atoms with Gasteiger partial charge in [0.25, 0.3) is 0 Å². The summed E-state index contributed by atoms with van der Waals surface area (Å²) < 4.78 is 29.0. The number of sulfonamides is 1. The first-order valence-electron chi connectivity index (χ1n) is 7.70. The summed E-state index contributed by atoms with van der Waals surface area (Å²) in [6.45, 7) is 3.00. The third-order valence-corrected chi connectivity index (χ3v) is 7.19. The van der Waals surface area contributed by atoms with E-state index in [1.807, 2.05) is 0 Å². The van der Waals surface area contributed by atoms with Gasteiger partial charge < -0.3 is 5.73 Å². The highest BCUT2D eigenvalue weighted by Crippen LogP contribution is 2.38. The number of nitrogens with two attached hydrogens (primary N) is 1. The van der Waals surface area contributed by atoms with Crippen molar-refractivity contribution >= 4 is 15.8 Å². The van der Waals surface area contributed by atoms with Crippen LogP contribution in [-0.4, -0.2) is 35.6 Å². The van der Waals surface area contributed by atoms with Crippen LogP contribution in [0, 0.1) is 18.8 Å². The highest BCUT2D eigenvalue weighted by atomic mass is 32.2. The Morgan fingerprint density at radius 2 is 1.86 bits per heavy atom. The smallest absolute Gasteiger partial charge is 0.248 e. The van der Waals surface area contributed by atoms with Crippen molar-refractivity contribution in [3.05, 3.63) is 5.69 Å². The number of nitrogens with zero attached hydrogens (tertiary/aromatic N) is 3. The van der Waals surface area contributed by atoms with Gasteiger partial charge in [-0.05, 0) is 31.6 Å². The molecule has 2 aliphatic rings. The molecule has 1 saturated heterocycles. The van der Waals surface area contributed by atoms with Crippen LogP contribution in [-0.2, 0) is 17.1 Å². The van der Waals surface area contributed by atoms with E-state index < -0.39 is 10.0 Å². The Labute approximate surface area is 126 Å². The molecule has 21 heavy (non-hydrogen) atoms. The Bertz CT molecular complexity index is 638. The maximum Gasteiger partial charge on any atom is 0.248 e. The van der Waals surface area contributed by atoms with E-state index in [4.69, 9.17) is 5.73 Å². The lowest BCUT2D eigenvalue weighted by Crippen LogP contribution is -2.44. The summed E-state index contributed by atoms with van der Waals surface area (Å²) in [6.07, 6.45) is 5.90. The minimum atomic E-state index is -3.53. The second-order valence-corrected chi connectivity index (χ2v) is 8.25. The molecule has 2 N–H and O–H groups in total. The molecular weight excluding hydrogens is 288 g/mol. The molecule has 2 unspecified atom stereocenters. The predicted octanol–water partition coefficient (Wildman–Crippen LogP) is 1.51. The Morgan fingerprint density at radius 3 is 2.48 bits per heavy atom. The number of aromatic nitrogens is 2. The van der Waals surface area contributed by atoms with E-state index in [1.54, 1.807) is 18.3 Å². The fraction of sp³-hybridized carbons (Fsp3) is 0.786. The van der Waals surface area contributed by atoms with Gasteiger partial charge >= 0.3 is 0 Å². The number of anilines is 1. The van der Waals surface area contributed by atoms with Crippen LogP contribution in [0.25, 0.3) is 0 Å². The molecule has 7 heteroatoms. The molecule has 0 amide bonds. The number of aryl methyl sites for hydroxylation is 1. The first kappa shape index (κ1) is 14.8. The van der Waals surface area contributed by atoms with Crippen LogP contribution in [0.5, 0.6) is 0 Å². The van der Waals surface area contributed by atoms with Gasteiger partial charge in [0, 0.05) is 20.1 Å². The molecule has 6 nitrogen and oxygen atoms in total. The summed E-state index contributed by atoms with van der Waals surface area (Å²) >= 11 is 0. The summed E-state index contributed by atoms with van der Waals surface area (Å²) in [5, 5.41) is 4.04. The lowest BCUT2D eigenvalue weighted by Gasteiger charge is -2.40. The molecule has 118 valence electrons. The monoisotopic (exact) mass is 312 g/mol. The largest absolute Gasteiger partial charge is 0.381 e. The summed E-state index contributed by atoms with van der Waals surface area (Å²) in [4.78, 5) is 0.194. The first-order chi connectivity index (χ1) is 9.91. The molecule has 1 aliphatic heterocycles. The molecule has 2 heterocycles. The van der Waals surface area contributed by atoms with Crippen molar-refractivity contribution in [3.63, 3.8) is 0 Å². The molecule has 1 aliphatic carbocycles. The fourth-order valence-electron chi connectivity index (χ4n) is 3.85. The minimum absolute atomic E-state index is 0.112. The van der Waals surface area contributed by atoms with E-state index in [2.05, 4.69) is 5.10 Å². The number of piperidine rings is 1. The maximum atomic E-state index is 12.9. The Kier molecular flexibility index (Phi) is 3.73. The summed E-state index contributed by atoms with van der Waals surface area (Å²) in [7, 11) is -1.81. The van der Waals surface area contributed by atoms with Crippen LogP contribution in [0.15, 0.2) is 4.90 Å². The Hall–Kier alpha value is -1.08. The highest BCUT2D eigenvalue weighted by molar-refractivity contribution is 7.89.